The third-order valence-corrected chi connectivity index (χ3v) is 3.51. The number of benzene rings is 1. The summed E-state index contributed by atoms with van der Waals surface area (Å²) in [5.74, 6) is -0.703. The minimum Gasteiger partial charge on any atom is -0.448 e. The van der Waals surface area contributed by atoms with Gasteiger partial charge in [-0.25, -0.2) is 9.78 Å². The maximum atomic E-state index is 12.1. The fraction of sp³-hybridized carbons (Fsp3) is 0.333. The zero-order valence-electron chi connectivity index (χ0n) is 11.9. The second-order valence-electron chi connectivity index (χ2n) is 5.06. The average Bonchev–Trinajstić information content (AvgIpc) is 3.04. The lowest BCUT2D eigenvalue weighted by atomic mass is 9.98. The maximum Gasteiger partial charge on any atom is 0.339 e. The third-order valence-electron chi connectivity index (χ3n) is 3.51. The molecule has 3 rings (SSSR count). The second-order valence-corrected chi connectivity index (χ2v) is 5.06. The maximum absolute atomic E-state index is 12.1. The highest BCUT2D eigenvalue weighted by Crippen LogP contribution is 2.20. The summed E-state index contributed by atoms with van der Waals surface area (Å²) in [6.45, 7) is 1.17. The van der Waals surface area contributed by atoms with Crippen LogP contribution in [0.3, 0.4) is 0 Å². The average molecular weight is 300 g/mol. The summed E-state index contributed by atoms with van der Waals surface area (Å²) in [5.41, 5.74) is 1.39. The normalized spacial score (nSPS) is 16.7. The SMILES string of the molecule is O=C1OC(C(=O)NCCCn2cncn2)Cc2ccccc21. The van der Waals surface area contributed by atoms with Gasteiger partial charge in [0.1, 0.15) is 12.7 Å². The predicted octanol–water partition coefficient (Wildman–Crippen LogP) is 0.566. The van der Waals surface area contributed by atoms with Gasteiger partial charge in [0.25, 0.3) is 5.91 Å². The van der Waals surface area contributed by atoms with E-state index in [1.54, 1.807) is 23.1 Å². The predicted molar refractivity (Wildman–Crippen MR) is 77.0 cm³/mol. The van der Waals surface area contributed by atoms with Crippen LogP contribution in [0.2, 0.25) is 0 Å². The van der Waals surface area contributed by atoms with Crippen molar-refractivity contribution < 1.29 is 14.3 Å². The standard InChI is InChI=1S/C15H16N4O3/c20-14(17-6-3-7-19-10-16-9-18-19)13-8-11-4-1-2-5-12(11)15(21)22-13/h1-2,4-5,9-10,13H,3,6-8H2,(H,17,20). The van der Waals surface area contributed by atoms with Gasteiger partial charge in [-0.2, -0.15) is 5.10 Å². The van der Waals surface area contributed by atoms with E-state index in [0.717, 1.165) is 12.0 Å². The summed E-state index contributed by atoms with van der Waals surface area (Å²) < 4.78 is 6.90. The summed E-state index contributed by atoms with van der Waals surface area (Å²) >= 11 is 0. The van der Waals surface area contributed by atoms with E-state index in [1.807, 2.05) is 12.1 Å². The number of hydrogen-bond acceptors (Lipinski definition) is 5. The third kappa shape index (κ3) is 3.13. The van der Waals surface area contributed by atoms with E-state index in [1.165, 1.54) is 6.33 Å². The first-order chi connectivity index (χ1) is 10.7. The molecule has 0 saturated carbocycles. The van der Waals surface area contributed by atoms with Crippen LogP contribution in [-0.4, -0.2) is 39.3 Å². The van der Waals surface area contributed by atoms with Gasteiger partial charge < -0.3 is 10.1 Å². The number of carbonyl (C=O) groups excluding carboxylic acids is 2. The van der Waals surface area contributed by atoms with Crippen molar-refractivity contribution in [2.45, 2.75) is 25.5 Å². The first-order valence-corrected chi connectivity index (χ1v) is 7.13. The van der Waals surface area contributed by atoms with Crippen LogP contribution < -0.4 is 5.32 Å². The number of esters is 1. The Balaban J connectivity index is 1.50. The first kappa shape index (κ1) is 14.2. The van der Waals surface area contributed by atoms with E-state index < -0.39 is 12.1 Å². The van der Waals surface area contributed by atoms with Gasteiger partial charge in [0, 0.05) is 19.5 Å². The second kappa shape index (κ2) is 6.38. The molecule has 1 aromatic carbocycles. The number of fused-ring (bicyclic) bond motifs is 1. The largest absolute Gasteiger partial charge is 0.448 e. The first-order valence-electron chi connectivity index (χ1n) is 7.13. The fourth-order valence-corrected chi connectivity index (χ4v) is 2.39. The van der Waals surface area contributed by atoms with Gasteiger partial charge in [0.2, 0.25) is 0 Å². The van der Waals surface area contributed by atoms with E-state index >= 15 is 0 Å². The van der Waals surface area contributed by atoms with Gasteiger partial charge in [-0.3, -0.25) is 9.48 Å². The molecule has 1 aliphatic heterocycles. The number of aromatic nitrogens is 3. The molecule has 1 aromatic heterocycles. The van der Waals surface area contributed by atoms with Crippen molar-refractivity contribution in [3.63, 3.8) is 0 Å². The quantitative estimate of drug-likeness (QED) is 0.644. The van der Waals surface area contributed by atoms with Crippen LogP contribution in [0, 0.1) is 0 Å². The van der Waals surface area contributed by atoms with Gasteiger partial charge >= 0.3 is 5.97 Å². The molecule has 1 N–H and O–H groups in total. The van der Waals surface area contributed by atoms with E-state index in [-0.39, 0.29) is 5.91 Å². The molecule has 1 aliphatic rings. The number of amides is 1. The zero-order valence-corrected chi connectivity index (χ0v) is 11.9. The molecule has 2 heterocycles. The van der Waals surface area contributed by atoms with Crippen molar-refractivity contribution in [1.82, 2.24) is 20.1 Å². The molecule has 1 amide bonds. The molecule has 0 spiro atoms. The summed E-state index contributed by atoms with van der Waals surface area (Å²) in [6, 6.07) is 7.19. The lowest BCUT2D eigenvalue weighted by Crippen LogP contribution is -2.42. The van der Waals surface area contributed by atoms with Crippen molar-refractivity contribution in [3.8, 4) is 0 Å². The van der Waals surface area contributed by atoms with Crippen molar-refractivity contribution in [3.05, 3.63) is 48.0 Å². The van der Waals surface area contributed by atoms with E-state index in [2.05, 4.69) is 15.4 Å². The molecule has 0 saturated heterocycles. The van der Waals surface area contributed by atoms with E-state index in [4.69, 9.17) is 4.74 Å². The number of nitrogens with zero attached hydrogens (tertiary/aromatic N) is 3. The lowest BCUT2D eigenvalue weighted by Gasteiger charge is -2.23. The molecule has 0 aliphatic carbocycles. The number of ether oxygens (including phenoxy) is 1. The molecular formula is C15H16N4O3. The van der Waals surface area contributed by atoms with Gasteiger partial charge in [-0.15, -0.1) is 0 Å². The lowest BCUT2D eigenvalue weighted by molar-refractivity contribution is -0.130. The number of cyclic esters (lactones) is 1. The van der Waals surface area contributed by atoms with Crippen LogP contribution in [0.1, 0.15) is 22.3 Å². The van der Waals surface area contributed by atoms with E-state index in [9.17, 15) is 9.59 Å². The van der Waals surface area contributed by atoms with Gasteiger partial charge in [-0.1, -0.05) is 18.2 Å². The van der Waals surface area contributed by atoms with Gasteiger partial charge in [0.15, 0.2) is 6.10 Å². The molecule has 0 bridgehead atoms. The summed E-state index contributed by atoms with van der Waals surface area (Å²) in [7, 11) is 0. The minimum atomic E-state index is -0.756. The van der Waals surface area contributed by atoms with Crippen LogP contribution in [0.15, 0.2) is 36.9 Å². The molecule has 2 aromatic rings. The minimum absolute atomic E-state index is 0.263. The molecular weight excluding hydrogens is 284 g/mol. The Kier molecular flexibility index (Phi) is 4.13. The highest BCUT2D eigenvalue weighted by molar-refractivity contribution is 5.95. The van der Waals surface area contributed by atoms with Crippen molar-refractivity contribution in [1.29, 1.82) is 0 Å². The molecule has 1 atom stereocenters. The van der Waals surface area contributed by atoms with Crippen LogP contribution in [0.5, 0.6) is 0 Å². The molecule has 22 heavy (non-hydrogen) atoms. The molecule has 7 heteroatoms. The number of nitrogens with one attached hydrogen (secondary N) is 1. The highest BCUT2D eigenvalue weighted by Gasteiger charge is 2.30. The van der Waals surface area contributed by atoms with Gasteiger partial charge in [-0.05, 0) is 18.1 Å². The number of hydrogen-bond donors (Lipinski definition) is 1. The Bertz CT molecular complexity index is 669. The Labute approximate surface area is 127 Å². The molecule has 7 nitrogen and oxygen atoms in total. The van der Waals surface area contributed by atoms with Gasteiger partial charge in [0.05, 0.1) is 5.56 Å². The summed E-state index contributed by atoms with van der Waals surface area (Å²) in [5, 5.41) is 6.77. The number of carbonyl (C=O) groups is 2. The van der Waals surface area contributed by atoms with Crippen molar-refractivity contribution in [2.24, 2.45) is 0 Å². The molecule has 0 fully saturated rings. The summed E-state index contributed by atoms with van der Waals surface area (Å²) in [6.07, 6.45) is 3.48. The fourth-order valence-electron chi connectivity index (χ4n) is 2.39. The Morgan fingerprint density at radius 3 is 3.09 bits per heavy atom. The number of aryl methyl sites for hydroxylation is 1. The smallest absolute Gasteiger partial charge is 0.339 e. The Morgan fingerprint density at radius 1 is 1.41 bits per heavy atom. The van der Waals surface area contributed by atoms with Crippen LogP contribution in [-0.2, 0) is 22.5 Å². The van der Waals surface area contributed by atoms with Crippen LogP contribution >= 0.6 is 0 Å². The Hall–Kier alpha value is -2.70. The van der Waals surface area contributed by atoms with Crippen molar-refractivity contribution >= 4 is 11.9 Å². The highest BCUT2D eigenvalue weighted by atomic mass is 16.5. The molecule has 114 valence electrons. The zero-order chi connectivity index (χ0) is 15.4. The monoisotopic (exact) mass is 300 g/mol. The van der Waals surface area contributed by atoms with Crippen LogP contribution in [0.25, 0.3) is 0 Å². The Morgan fingerprint density at radius 2 is 2.27 bits per heavy atom. The van der Waals surface area contributed by atoms with Crippen molar-refractivity contribution in [2.75, 3.05) is 6.54 Å². The van der Waals surface area contributed by atoms with Crippen LogP contribution in [0.4, 0.5) is 0 Å². The van der Waals surface area contributed by atoms with E-state index in [0.29, 0.717) is 25.1 Å². The number of rotatable bonds is 5. The topological polar surface area (TPSA) is 86.1 Å². The molecule has 1 unspecified atom stereocenters. The molecule has 0 radical (unpaired) electrons. The summed E-state index contributed by atoms with van der Waals surface area (Å²) in [4.78, 5) is 27.8.